The van der Waals surface area contributed by atoms with Gasteiger partial charge in [0.15, 0.2) is 0 Å². The van der Waals surface area contributed by atoms with E-state index in [0.29, 0.717) is 0 Å². The Labute approximate surface area is 272 Å². The molecule has 5 fully saturated rings. The van der Waals surface area contributed by atoms with Gasteiger partial charge in [-0.15, -0.1) is 0 Å². The van der Waals surface area contributed by atoms with Crippen LogP contribution in [-0.4, -0.2) is 22.6 Å². The standard InChI is InChI=1S/C42H78P/c1-16-18-39-33(15)35(22(3)4)20-37-29(11)25(7)27(9)31(13)40(37)43(39)41-32(14)28(10)26(8)30(12)38(41)21-36-24(6)19-23(5)34(17-2)42(36)43/h22-42H,16-21H2,1-15H3/q+1. The normalized spacial score (nSPS) is 58.9. The molecule has 0 N–H and O–H groups in total. The fourth-order valence-corrected chi connectivity index (χ4v) is 25.8. The molecule has 1 heteroatoms. The number of rotatable bonds is 4. The predicted octanol–water partition coefficient (Wildman–Crippen LogP) is 12.7. The molecule has 0 amide bonds. The third-order valence-electron chi connectivity index (χ3n) is 17.8. The molecule has 0 aromatic rings. The topological polar surface area (TPSA) is 0 Å². The highest BCUT2D eigenvalue weighted by Gasteiger charge is 2.77. The van der Waals surface area contributed by atoms with Gasteiger partial charge >= 0.3 is 0 Å². The summed E-state index contributed by atoms with van der Waals surface area (Å²) < 4.78 is 0. The highest BCUT2D eigenvalue weighted by molar-refractivity contribution is 7.78. The van der Waals surface area contributed by atoms with E-state index in [1.165, 1.54) is 25.7 Å². The smallest absolute Gasteiger partial charge is 0.0652 e. The Morgan fingerprint density at radius 2 is 1.00 bits per heavy atom. The Bertz CT molecular complexity index is 939. The van der Waals surface area contributed by atoms with Crippen LogP contribution in [0.3, 0.4) is 0 Å². The van der Waals surface area contributed by atoms with Gasteiger partial charge in [0.1, 0.15) is 0 Å². The summed E-state index contributed by atoms with van der Waals surface area (Å²) in [6.45, 7) is 40.8. The first kappa shape index (κ1) is 34.8. The maximum absolute atomic E-state index is 2.85. The van der Waals surface area contributed by atoms with Crippen LogP contribution in [0.15, 0.2) is 0 Å². The highest BCUT2D eigenvalue weighted by Crippen LogP contribution is 2.90. The van der Waals surface area contributed by atoms with Crippen molar-refractivity contribution in [2.45, 2.75) is 165 Å². The van der Waals surface area contributed by atoms with E-state index in [2.05, 4.69) is 104 Å². The summed E-state index contributed by atoms with van der Waals surface area (Å²) in [4.78, 5) is 0. The van der Waals surface area contributed by atoms with Crippen molar-refractivity contribution in [3.63, 3.8) is 0 Å². The molecule has 21 atom stereocenters. The molecule has 5 aliphatic rings. The molecule has 1 spiro atoms. The maximum atomic E-state index is 2.85. The zero-order chi connectivity index (χ0) is 31.9. The van der Waals surface area contributed by atoms with Crippen molar-refractivity contribution < 1.29 is 0 Å². The molecule has 3 aliphatic carbocycles. The van der Waals surface area contributed by atoms with Crippen molar-refractivity contribution in [1.29, 1.82) is 0 Å². The zero-order valence-corrected chi connectivity index (χ0v) is 32.7. The van der Waals surface area contributed by atoms with Crippen LogP contribution in [0.4, 0.5) is 0 Å². The van der Waals surface area contributed by atoms with Gasteiger partial charge in [-0.1, -0.05) is 110 Å². The van der Waals surface area contributed by atoms with Crippen LogP contribution in [-0.2, 0) is 0 Å². The van der Waals surface area contributed by atoms with Gasteiger partial charge in [-0.25, -0.2) is 0 Å². The van der Waals surface area contributed by atoms with E-state index in [1.54, 1.807) is 12.8 Å². The van der Waals surface area contributed by atoms with Gasteiger partial charge in [-0.05, 0) is 133 Å². The molecule has 5 rings (SSSR count). The van der Waals surface area contributed by atoms with Gasteiger partial charge < -0.3 is 0 Å². The van der Waals surface area contributed by atoms with Crippen LogP contribution in [0.25, 0.3) is 0 Å². The summed E-state index contributed by atoms with van der Waals surface area (Å²) in [5, 5.41) is 0. The molecule has 250 valence electrons. The van der Waals surface area contributed by atoms with Crippen LogP contribution in [0, 0.1) is 101 Å². The van der Waals surface area contributed by atoms with Crippen molar-refractivity contribution in [3.8, 4) is 0 Å². The molecule has 0 aromatic heterocycles. The summed E-state index contributed by atoms with van der Waals surface area (Å²) in [7, 11) is -1.44. The first-order valence-electron chi connectivity index (χ1n) is 20.1. The number of hydrogen-bond donors (Lipinski definition) is 0. The Hall–Kier alpha value is 0.430. The lowest BCUT2D eigenvalue weighted by Gasteiger charge is -2.68. The van der Waals surface area contributed by atoms with Gasteiger partial charge in [-0.3, -0.25) is 0 Å². The minimum atomic E-state index is -1.44. The number of fused-ring (bicyclic) bond motifs is 6. The van der Waals surface area contributed by atoms with Crippen LogP contribution < -0.4 is 0 Å². The molecule has 0 bridgehead atoms. The Kier molecular flexibility index (Phi) is 10.3. The van der Waals surface area contributed by atoms with Crippen LogP contribution >= 0.6 is 7.26 Å². The van der Waals surface area contributed by atoms with Gasteiger partial charge in [0, 0.05) is 7.26 Å². The summed E-state index contributed by atoms with van der Waals surface area (Å²) in [6, 6.07) is 0. The second-order valence-corrected chi connectivity index (χ2v) is 23.3. The van der Waals surface area contributed by atoms with E-state index in [9.17, 15) is 0 Å². The van der Waals surface area contributed by atoms with Gasteiger partial charge in [0.2, 0.25) is 0 Å². The average Bonchev–Trinajstić information content (AvgIpc) is 3.07. The van der Waals surface area contributed by atoms with E-state index in [-0.39, 0.29) is 0 Å². The first-order chi connectivity index (χ1) is 20.2. The second-order valence-electron chi connectivity index (χ2n) is 19.1. The SMILES string of the molecule is CCCC1C(C)C(C(C)C)CC2C(C)C(C)C(C)C(C)C2[P+]12C1C(C)C(C)C(C)C(C)C1CC1C(C)CC(C)C(CC)C12. The second kappa shape index (κ2) is 12.8. The summed E-state index contributed by atoms with van der Waals surface area (Å²) >= 11 is 0. The van der Waals surface area contributed by atoms with Crippen molar-refractivity contribution >= 4 is 7.26 Å². The fraction of sp³-hybridized carbons (Fsp3) is 1.00. The van der Waals surface area contributed by atoms with Gasteiger partial charge in [-0.2, -0.15) is 0 Å². The summed E-state index contributed by atoms with van der Waals surface area (Å²) in [5.74, 6) is 15.4. The van der Waals surface area contributed by atoms with Crippen LogP contribution in [0.1, 0.15) is 142 Å². The molecular weight excluding hydrogens is 535 g/mol. The monoisotopic (exact) mass is 614 g/mol. The average molecular weight is 614 g/mol. The zero-order valence-electron chi connectivity index (χ0n) is 31.8. The van der Waals surface area contributed by atoms with Crippen molar-refractivity contribution in [1.82, 2.24) is 0 Å². The minimum Gasteiger partial charge on any atom is -0.0652 e. The highest BCUT2D eigenvalue weighted by atomic mass is 31.2. The van der Waals surface area contributed by atoms with Crippen molar-refractivity contribution in [2.24, 2.45) is 101 Å². The molecule has 0 radical (unpaired) electrons. The Balaban J connectivity index is 1.91. The third-order valence-corrected chi connectivity index (χ3v) is 25.2. The van der Waals surface area contributed by atoms with Crippen LogP contribution in [0.2, 0.25) is 0 Å². The van der Waals surface area contributed by atoms with E-state index in [1.807, 2.05) is 0 Å². The molecular formula is C42H78P+. The molecule has 2 aliphatic heterocycles. The minimum absolute atomic E-state index is 0.814. The quantitative estimate of drug-likeness (QED) is 0.277. The summed E-state index contributed by atoms with van der Waals surface area (Å²) in [5.41, 5.74) is 4.07. The van der Waals surface area contributed by atoms with Gasteiger partial charge in [0.25, 0.3) is 0 Å². The first-order valence-corrected chi connectivity index (χ1v) is 22.1. The number of hydrogen-bond acceptors (Lipinski definition) is 0. The Morgan fingerprint density at radius 3 is 1.47 bits per heavy atom. The maximum Gasteiger partial charge on any atom is 0.0767 e. The Morgan fingerprint density at radius 1 is 0.512 bits per heavy atom. The van der Waals surface area contributed by atoms with Crippen molar-refractivity contribution in [3.05, 3.63) is 0 Å². The molecule has 21 unspecified atom stereocenters. The summed E-state index contributed by atoms with van der Waals surface area (Å²) in [6.07, 6.45) is 9.00. The molecule has 2 heterocycles. The van der Waals surface area contributed by atoms with Gasteiger partial charge in [0.05, 0.1) is 22.6 Å². The van der Waals surface area contributed by atoms with Crippen molar-refractivity contribution in [2.75, 3.05) is 0 Å². The molecule has 2 saturated heterocycles. The third kappa shape index (κ3) is 5.03. The molecule has 0 aromatic carbocycles. The molecule has 43 heavy (non-hydrogen) atoms. The lowest BCUT2D eigenvalue weighted by molar-refractivity contribution is 0.0162. The van der Waals surface area contributed by atoms with E-state index in [4.69, 9.17) is 0 Å². The fourth-order valence-electron chi connectivity index (χ4n) is 15.0. The van der Waals surface area contributed by atoms with E-state index >= 15 is 0 Å². The predicted molar refractivity (Wildman–Crippen MR) is 194 cm³/mol. The molecule has 0 nitrogen and oxygen atoms in total. The lowest BCUT2D eigenvalue weighted by Crippen LogP contribution is -2.64. The lowest BCUT2D eigenvalue weighted by atomic mass is 9.58. The van der Waals surface area contributed by atoms with Crippen LogP contribution in [0.5, 0.6) is 0 Å². The molecule has 3 saturated carbocycles. The van der Waals surface area contributed by atoms with E-state index in [0.717, 1.165) is 123 Å². The largest absolute Gasteiger partial charge is 0.0767 e. The van der Waals surface area contributed by atoms with E-state index < -0.39 is 7.26 Å².